The molecule has 0 atom stereocenters. The van der Waals surface area contributed by atoms with Crippen LogP contribution in [0.2, 0.25) is 13.1 Å². The van der Waals surface area contributed by atoms with Crippen molar-refractivity contribution in [1.82, 2.24) is 0 Å². The summed E-state index contributed by atoms with van der Waals surface area (Å²) in [4.78, 5) is 0. The lowest BCUT2D eigenvalue weighted by Gasteiger charge is -2.15. The van der Waals surface area contributed by atoms with Gasteiger partial charge < -0.3 is 0 Å². The first-order valence-corrected chi connectivity index (χ1v) is 6.16. The van der Waals surface area contributed by atoms with E-state index in [2.05, 4.69) is 0 Å². The van der Waals surface area contributed by atoms with Gasteiger partial charge in [0, 0.05) is 5.50 Å². The Morgan fingerprint density at radius 1 is 1.50 bits per heavy atom. The molecule has 0 aliphatic heterocycles. The lowest BCUT2D eigenvalue weighted by molar-refractivity contribution is 0.228. The van der Waals surface area contributed by atoms with Crippen LogP contribution in [0.4, 0.5) is 8.78 Å². The normalized spacial score (nSPS) is 12.8. The molecule has 0 aromatic rings. The van der Waals surface area contributed by atoms with Gasteiger partial charge in [-0.25, -0.2) is 8.78 Å². The Morgan fingerprint density at radius 3 is 1.88 bits per heavy atom. The van der Waals surface area contributed by atoms with Gasteiger partial charge in [0.2, 0.25) is 6.05 Å². The third kappa shape index (κ3) is 2.09. The van der Waals surface area contributed by atoms with E-state index in [4.69, 9.17) is 11.6 Å². The number of alkyl halides is 3. The van der Waals surface area contributed by atoms with Gasteiger partial charge in [-0.1, -0.05) is 13.1 Å². The van der Waals surface area contributed by atoms with Gasteiger partial charge in [0.1, 0.15) is 8.07 Å². The van der Waals surface area contributed by atoms with Gasteiger partial charge >= 0.3 is 0 Å². The van der Waals surface area contributed by atoms with E-state index in [-0.39, 0.29) is 5.50 Å². The quantitative estimate of drug-likeness (QED) is 0.427. The van der Waals surface area contributed by atoms with Crippen LogP contribution in [0, 0.1) is 0 Å². The molecular formula is C4H9ClF2Si. The number of hydrogen-bond acceptors (Lipinski definition) is 0. The van der Waals surface area contributed by atoms with Crippen molar-refractivity contribution in [2.75, 3.05) is 5.50 Å². The molecule has 0 saturated carbocycles. The molecular weight excluding hydrogens is 150 g/mol. The van der Waals surface area contributed by atoms with E-state index in [0.29, 0.717) is 0 Å². The summed E-state index contributed by atoms with van der Waals surface area (Å²) in [5.74, 6) is 0. The molecule has 0 heterocycles. The Kier molecular flexibility index (Phi) is 2.91. The predicted molar refractivity (Wildman–Crippen MR) is 34.2 cm³/mol. The lowest BCUT2D eigenvalue weighted by atomic mass is 11.6. The summed E-state index contributed by atoms with van der Waals surface area (Å²) in [6.45, 7) is 3.15. The first kappa shape index (κ1) is 8.37. The SMILES string of the molecule is C[Si](C)(CCl)C(F)F. The van der Waals surface area contributed by atoms with Gasteiger partial charge in [-0.2, -0.15) is 0 Å². The Bertz CT molecular complexity index is 74.4. The van der Waals surface area contributed by atoms with E-state index in [1.54, 1.807) is 13.1 Å². The van der Waals surface area contributed by atoms with Crippen molar-refractivity contribution >= 4 is 19.7 Å². The molecule has 0 amide bonds. The molecule has 0 aromatic carbocycles. The maximum absolute atomic E-state index is 11.8. The third-order valence-electron chi connectivity index (χ3n) is 0.935. The minimum Gasteiger partial charge on any atom is -0.216 e. The van der Waals surface area contributed by atoms with E-state index < -0.39 is 14.1 Å². The van der Waals surface area contributed by atoms with E-state index in [1.807, 2.05) is 0 Å². The summed E-state index contributed by atoms with van der Waals surface area (Å²) in [5.41, 5.74) is 0.144. The molecule has 0 bridgehead atoms. The van der Waals surface area contributed by atoms with E-state index in [0.717, 1.165) is 0 Å². The number of hydrogen-bond donors (Lipinski definition) is 0. The van der Waals surface area contributed by atoms with Gasteiger partial charge in [0.25, 0.3) is 0 Å². The van der Waals surface area contributed by atoms with E-state index >= 15 is 0 Å². The minimum atomic E-state index is -2.32. The minimum absolute atomic E-state index is 0.144. The fraction of sp³-hybridized carbons (Fsp3) is 1.00. The van der Waals surface area contributed by atoms with Crippen molar-refractivity contribution in [3.05, 3.63) is 0 Å². The summed E-state index contributed by atoms with van der Waals surface area (Å²) >= 11 is 5.27. The smallest absolute Gasteiger partial charge is 0.216 e. The first-order chi connectivity index (χ1) is 3.50. The Labute approximate surface area is 53.8 Å². The fourth-order valence-corrected chi connectivity index (χ4v) is 0.525. The molecule has 4 heteroatoms. The van der Waals surface area contributed by atoms with Gasteiger partial charge in [-0.15, -0.1) is 11.6 Å². The zero-order chi connectivity index (χ0) is 6.78. The second-order valence-corrected chi connectivity index (χ2v) is 7.91. The Balaban J connectivity index is 3.71. The summed E-state index contributed by atoms with van der Waals surface area (Å²) < 4.78 is 23.6. The average Bonchev–Trinajstić information content (AvgIpc) is 1.67. The predicted octanol–water partition coefficient (Wildman–Crippen LogP) is 2.28. The summed E-state index contributed by atoms with van der Waals surface area (Å²) in [6, 6.07) is -2.18. The third-order valence-corrected chi connectivity index (χ3v) is 4.87. The van der Waals surface area contributed by atoms with Crippen LogP contribution in [0.25, 0.3) is 0 Å². The van der Waals surface area contributed by atoms with Crippen LogP contribution in [0.5, 0.6) is 0 Å². The average molecular weight is 159 g/mol. The molecule has 0 nitrogen and oxygen atoms in total. The monoisotopic (exact) mass is 158 g/mol. The van der Waals surface area contributed by atoms with Crippen molar-refractivity contribution < 1.29 is 8.78 Å². The molecule has 0 unspecified atom stereocenters. The van der Waals surface area contributed by atoms with Crippen LogP contribution in [-0.2, 0) is 0 Å². The first-order valence-electron chi connectivity index (χ1n) is 2.35. The standard InChI is InChI=1S/C4H9ClF2Si/c1-8(2,3-5)4(6)7/h4H,3H2,1-2H3. The van der Waals surface area contributed by atoms with Gasteiger partial charge in [-0.3, -0.25) is 0 Å². The highest BCUT2D eigenvalue weighted by Gasteiger charge is 2.31. The van der Waals surface area contributed by atoms with E-state index in [9.17, 15) is 8.78 Å². The molecule has 0 fully saturated rings. The molecule has 0 N–H and O–H groups in total. The maximum atomic E-state index is 11.8. The summed E-state index contributed by atoms with van der Waals surface area (Å²) in [5, 5.41) is 0. The maximum Gasteiger partial charge on any atom is 0.221 e. The Hall–Kier alpha value is 0.367. The van der Waals surface area contributed by atoms with Crippen molar-refractivity contribution in [2.45, 2.75) is 19.1 Å². The molecule has 50 valence electrons. The highest BCUT2D eigenvalue weighted by molar-refractivity contribution is 6.83. The molecule has 0 rings (SSSR count). The number of rotatable bonds is 2. The Morgan fingerprint density at radius 2 is 1.88 bits per heavy atom. The zero-order valence-corrected chi connectivity index (χ0v) is 6.67. The molecule has 0 aliphatic rings. The van der Waals surface area contributed by atoms with Crippen molar-refractivity contribution in [1.29, 1.82) is 0 Å². The topological polar surface area (TPSA) is 0 Å². The zero-order valence-electron chi connectivity index (χ0n) is 4.92. The highest BCUT2D eigenvalue weighted by atomic mass is 35.5. The molecule has 0 spiro atoms. The molecule has 0 aliphatic carbocycles. The lowest BCUT2D eigenvalue weighted by Crippen LogP contribution is -2.38. The molecule has 8 heavy (non-hydrogen) atoms. The van der Waals surface area contributed by atoms with Gasteiger partial charge in [-0.05, 0) is 0 Å². The van der Waals surface area contributed by atoms with Crippen molar-refractivity contribution in [3.8, 4) is 0 Å². The van der Waals surface area contributed by atoms with Crippen LogP contribution >= 0.6 is 11.6 Å². The van der Waals surface area contributed by atoms with Crippen LogP contribution in [0.1, 0.15) is 0 Å². The second kappa shape index (κ2) is 2.78. The van der Waals surface area contributed by atoms with Crippen molar-refractivity contribution in [2.24, 2.45) is 0 Å². The van der Waals surface area contributed by atoms with Crippen molar-refractivity contribution in [3.63, 3.8) is 0 Å². The van der Waals surface area contributed by atoms with Crippen LogP contribution in [-0.4, -0.2) is 19.6 Å². The fourth-order valence-electron chi connectivity index (χ4n) is 0.0583. The van der Waals surface area contributed by atoms with Gasteiger partial charge in [0.05, 0.1) is 0 Å². The second-order valence-electron chi connectivity index (χ2n) is 2.42. The van der Waals surface area contributed by atoms with Gasteiger partial charge in [0.15, 0.2) is 0 Å². The highest BCUT2D eigenvalue weighted by Crippen LogP contribution is 2.13. The van der Waals surface area contributed by atoms with Crippen LogP contribution in [0.15, 0.2) is 0 Å². The largest absolute Gasteiger partial charge is 0.221 e. The van der Waals surface area contributed by atoms with Crippen LogP contribution < -0.4 is 0 Å². The number of halogens is 3. The summed E-state index contributed by atoms with van der Waals surface area (Å²) in [6.07, 6.45) is 0. The van der Waals surface area contributed by atoms with Crippen LogP contribution in [0.3, 0.4) is 0 Å². The molecule has 0 saturated heterocycles. The summed E-state index contributed by atoms with van der Waals surface area (Å²) in [7, 11) is -2.32. The van der Waals surface area contributed by atoms with E-state index in [1.165, 1.54) is 0 Å². The molecule has 0 aromatic heterocycles. The molecule has 0 radical (unpaired) electrons.